The summed E-state index contributed by atoms with van der Waals surface area (Å²) < 4.78 is 15.7. The number of nitrogens with zero attached hydrogens (tertiary/aromatic N) is 1. The first-order valence-electron chi connectivity index (χ1n) is 24.5. The lowest BCUT2D eigenvalue weighted by Crippen LogP contribution is -2.37. The number of furan rings is 2. The van der Waals surface area contributed by atoms with Crippen LogP contribution in [0.2, 0.25) is 0 Å². The van der Waals surface area contributed by atoms with Crippen molar-refractivity contribution in [2.24, 2.45) is 0 Å². The number of aromatic nitrogens is 1. The lowest BCUT2D eigenvalue weighted by atomic mass is 9.58. The summed E-state index contributed by atoms with van der Waals surface area (Å²) in [7, 11) is 2.45. The maximum Gasteiger partial charge on any atom is 0.197 e. The second-order valence-corrected chi connectivity index (χ2v) is 23.1. The first-order valence-corrected chi connectivity index (χ1v) is 24.5. The van der Waals surface area contributed by atoms with Gasteiger partial charge >= 0.3 is 0 Å². The number of hydrogen-bond acceptors (Lipinski definition) is 3. The van der Waals surface area contributed by atoms with Crippen LogP contribution >= 0.6 is 0 Å². The first-order chi connectivity index (χ1) is 32.5. The summed E-state index contributed by atoms with van der Waals surface area (Å²) in [6, 6.07) is 49.9. The van der Waals surface area contributed by atoms with Gasteiger partial charge in [-0.3, -0.25) is 0 Å². The Balaban J connectivity index is 1.06. The Bertz CT molecular complexity index is 4030. The molecule has 0 amide bonds. The number of para-hydroxylation sites is 2. The highest BCUT2D eigenvalue weighted by molar-refractivity contribution is 6.74. The molecule has 0 atom stereocenters. The SMILES string of the molecule is CC(C)(C)c1ccc(Nc2cc3c(cc2-c2ccc4c5c6c(ccc5n5c4c2[B]c2cc4c(cc2-5)oc2ccccc24)oc2ccccc26)C(C)(C)c2cc4c(cc2-3)C(C)(C)CCC4(C)C)cc1. The van der Waals surface area contributed by atoms with Gasteiger partial charge < -0.3 is 18.7 Å². The van der Waals surface area contributed by atoms with E-state index in [2.05, 4.69) is 213 Å². The smallest absolute Gasteiger partial charge is 0.197 e. The van der Waals surface area contributed by atoms with E-state index in [0.29, 0.717) is 0 Å². The molecule has 3 aliphatic rings. The summed E-state index contributed by atoms with van der Waals surface area (Å²) in [5.74, 6) is 0. The quantitative estimate of drug-likeness (QED) is 0.180. The molecule has 3 aromatic heterocycles. The van der Waals surface area contributed by atoms with E-state index in [4.69, 9.17) is 8.83 Å². The number of nitrogens with one attached hydrogen (secondary N) is 1. The molecule has 331 valence electrons. The molecule has 0 saturated heterocycles. The van der Waals surface area contributed by atoms with Gasteiger partial charge in [-0.15, -0.1) is 0 Å². The molecular weight excluding hydrogens is 828 g/mol. The fourth-order valence-corrected chi connectivity index (χ4v) is 12.7. The van der Waals surface area contributed by atoms with E-state index >= 15 is 0 Å². The molecule has 0 bridgehead atoms. The van der Waals surface area contributed by atoms with E-state index in [0.717, 1.165) is 71.9 Å². The van der Waals surface area contributed by atoms with Crippen molar-refractivity contribution in [3.63, 3.8) is 0 Å². The third-order valence-corrected chi connectivity index (χ3v) is 16.6. The zero-order valence-corrected chi connectivity index (χ0v) is 40.5. The van der Waals surface area contributed by atoms with Crippen LogP contribution in [0.1, 0.15) is 103 Å². The van der Waals surface area contributed by atoms with Gasteiger partial charge in [-0.05, 0) is 134 Å². The van der Waals surface area contributed by atoms with Crippen LogP contribution in [-0.2, 0) is 21.7 Å². The van der Waals surface area contributed by atoms with Crippen molar-refractivity contribution in [3.05, 3.63) is 161 Å². The van der Waals surface area contributed by atoms with Crippen molar-refractivity contribution in [1.29, 1.82) is 0 Å². The van der Waals surface area contributed by atoms with Gasteiger partial charge in [0.25, 0.3) is 0 Å². The van der Waals surface area contributed by atoms with Crippen molar-refractivity contribution in [2.45, 2.75) is 96.8 Å². The number of anilines is 2. The Hall–Kier alpha value is -6.98. The lowest BCUT2D eigenvalue weighted by molar-refractivity contribution is 0.331. The molecule has 2 aliphatic carbocycles. The van der Waals surface area contributed by atoms with Crippen molar-refractivity contribution < 1.29 is 8.83 Å². The third kappa shape index (κ3) is 5.39. The second kappa shape index (κ2) is 13.2. The standard InChI is InChI=1S/C63H54BN2O2/c1-60(2,3)34-18-20-35(21-19-34)65-49-31-41-40-28-46-47(62(6,7)27-26-61(46,4)5)32-45(40)63(8,9)44(41)29-42(49)37-22-23-39-56-50(24-25-54-57(56)38-15-11-13-17-53(38)67-54)66-51-33-55-43(30-48(51)64-58(37)59(39)66)36-14-10-12-16-52(36)68-55/h10-25,28-33,65H,26-27H2,1-9H3. The maximum absolute atomic E-state index is 6.59. The van der Waals surface area contributed by atoms with E-state index in [9.17, 15) is 0 Å². The minimum absolute atomic E-state index is 0.0549. The molecule has 1 aliphatic heterocycles. The average molecular weight is 882 g/mol. The number of fused-ring (bicyclic) bond motifs is 16. The minimum Gasteiger partial charge on any atom is -0.456 e. The molecule has 0 spiro atoms. The van der Waals surface area contributed by atoms with Gasteiger partial charge in [0.2, 0.25) is 0 Å². The van der Waals surface area contributed by atoms with Crippen LogP contribution in [0.3, 0.4) is 0 Å². The fourth-order valence-electron chi connectivity index (χ4n) is 12.7. The highest BCUT2D eigenvalue weighted by Crippen LogP contribution is 2.56. The Labute approximate surface area is 398 Å². The lowest BCUT2D eigenvalue weighted by Gasteiger charge is -2.42. The van der Waals surface area contributed by atoms with Crippen LogP contribution in [0.25, 0.3) is 93.6 Å². The van der Waals surface area contributed by atoms with Crippen LogP contribution in [0.15, 0.2) is 142 Å². The molecule has 0 fully saturated rings. The van der Waals surface area contributed by atoms with Gasteiger partial charge in [-0.25, -0.2) is 0 Å². The Morgan fingerprint density at radius 2 is 1.18 bits per heavy atom. The van der Waals surface area contributed by atoms with E-state index in [1.165, 1.54) is 84.7 Å². The molecule has 0 unspecified atom stereocenters. The Morgan fingerprint density at radius 1 is 0.529 bits per heavy atom. The van der Waals surface area contributed by atoms with Crippen LogP contribution in [0.4, 0.5) is 11.4 Å². The van der Waals surface area contributed by atoms with Gasteiger partial charge in [-0.1, -0.05) is 141 Å². The molecule has 1 radical (unpaired) electrons. The van der Waals surface area contributed by atoms with Gasteiger partial charge in [0.15, 0.2) is 7.28 Å². The fraction of sp³-hybridized carbons (Fsp3) is 0.238. The van der Waals surface area contributed by atoms with E-state index in [-0.39, 0.29) is 21.7 Å². The van der Waals surface area contributed by atoms with E-state index in [1.54, 1.807) is 0 Å². The van der Waals surface area contributed by atoms with Gasteiger partial charge in [-0.2, -0.15) is 0 Å². The normalized spacial score (nSPS) is 16.4. The van der Waals surface area contributed by atoms with Gasteiger partial charge in [0.1, 0.15) is 22.3 Å². The molecule has 5 heteroatoms. The summed E-state index contributed by atoms with van der Waals surface area (Å²) >= 11 is 0. The number of hydrogen-bond donors (Lipinski definition) is 1. The zero-order valence-electron chi connectivity index (χ0n) is 40.5. The predicted molar refractivity (Wildman–Crippen MR) is 287 cm³/mol. The average Bonchev–Trinajstić information content (AvgIpc) is 4.04. The molecular formula is C63H54BN2O2. The largest absolute Gasteiger partial charge is 0.456 e. The Kier molecular flexibility index (Phi) is 7.77. The van der Waals surface area contributed by atoms with Crippen molar-refractivity contribution >= 4 is 95.3 Å². The molecule has 14 rings (SSSR count). The summed E-state index contributed by atoms with van der Waals surface area (Å²) in [5.41, 5.74) is 23.9. The summed E-state index contributed by atoms with van der Waals surface area (Å²) in [6.45, 7) is 21.5. The van der Waals surface area contributed by atoms with Gasteiger partial charge in [0, 0.05) is 71.9 Å². The highest BCUT2D eigenvalue weighted by Gasteiger charge is 2.43. The van der Waals surface area contributed by atoms with Crippen LogP contribution in [-0.4, -0.2) is 11.8 Å². The molecule has 11 aromatic rings. The topological polar surface area (TPSA) is 43.2 Å². The van der Waals surface area contributed by atoms with Crippen LogP contribution < -0.4 is 16.2 Å². The summed E-state index contributed by atoms with van der Waals surface area (Å²) in [4.78, 5) is 0. The second-order valence-electron chi connectivity index (χ2n) is 23.1. The minimum atomic E-state index is -0.215. The van der Waals surface area contributed by atoms with Gasteiger partial charge in [0.05, 0.1) is 5.52 Å². The molecule has 4 nitrogen and oxygen atoms in total. The zero-order chi connectivity index (χ0) is 46.4. The predicted octanol–water partition coefficient (Wildman–Crippen LogP) is 15.9. The van der Waals surface area contributed by atoms with E-state index < -0.39 is 0 Å². The summed E-state index contributed by atoms with van der Waals surface area (Å²) in [5, 5.41) is 11.0. The molecule has 0 saturated carbocycles. The highest BCUT2D eigenvalue weighted by atomic mass is 16.3. The third-order valence-electron chi connectivity index (χ3n) is 16.6. The molecule has 68 heavy (non-hydrogen) atoms. The summed E-state index contributed by atoms with van der Waals surface area (Å²) in [6.07, 6.45) is 2.38. The monoisotopic (exact) mass is 881 g/mol. The van der Waals surface area contributed by atoms with Crippen LogP contribution in [0, 0.1) is 0 Å². The molecule has 1 N–H and O–H groups in total. The first kappa shape index (κ1) is 40.1. The van der Waals surface area contributed by atoms with Crippen molar-refractivity contribution in [3.8, 4) is 27.9 Å². The van der Waals surface area contributed by atoms with Crippen molar-refractivity contribution in [2.75, 3.05) is 5.32 Å². The number of rotatable bonds is 3. The molecule has 8 aromatic carbocycles. The van der Waals surface area contributed by atoms with Crippen molar-refractivity contribution in [1.82, 2.24) is 4.57 Å². The van der Waals surface area contributed by atoms with Crippen LogP contribution in [0.5, 0.6) is 0 Å². The Morgan fingerprint density at radius 3 is 1.93 bits per heavy atom. The van der Waals surface area contributed by atoms with E-state index in [1.807, 2.05) is 0 Å². The molecule has 4 heterocycles. The number of benzene rings is 8. The maximum atomic E-state index is 6.59.